The number of ether oxygens (including phenoxy) is 1. The van der Waals surface area contributed by atoms with Crippen LogP contribution >= 0.6 is 11.3 Å². The van der Waals surface area contributed by atoms with Gasteiger partial charge in [0.2, 0.25) is 0 Å². The first kappa shape index (κ1) is 19.1. The zero-order valence-corrected chi connectivity index (χ0v) is 17.9. The van der Waals surface area contributed by atoms with Crippen LogP contribution in [0.5, 0.6) is 0 Å². The Morgan fingerprint density at radius 3 is 2.94 bits per heavy atom. The molecule has 1 unspecified atom stereocenters. The van der Waals surface area contributed by atoms with Gasteiger partial charge >= 0.3 is 0 Å². The maximum absolute atomic E-state index is 9.88. The third-order valence-corrected chi connectivity index (χ3v) is 7.17. The molecule has 0 radical (unpaired) electrons. The smallest absolute Gasteiger partial charge is 0.162 e. The van der Waals surface area contributed by atoms with E-state index >= 15 is 0 Å². The number of hydrogen-bond acceptors (Lipinski definition) is 8. The van der Waals surface area contributed by atoms with Crippen LogP contribution in [0.15, 0.2) is 30.5 Å². The van der Waals surface area contributed by atoms with Crippen molar-refractivity contribution in [1.82, 2.24) is 25.1 Å². The lowest BCUT2D eigenvalue weighted by Gasteiger charge is -2.28. The largest absolute Gasteiger partial charge is 0.392 e. The highest BCUT2D eigenvalue weighted by Gasteiger charge is 2.24. The van der Waals surface area contributed by atoms with Crippen molar-refractivity contribution in [3.63, 3.8) is 0 Å². The van der Waals surface area contributed by atoms with E-state index in [4.69, 9.17) is 14.7 Å². The molecule has 2 N–H and O–H groups in total. The number of aromatic nitrogens is 4. The molecule has 0 spiro atoms. The van der Waals surface area contributed by atoms with Crippen molar-refractivity contribution in [2.45, 2.75) is 19.1 Å². The summed E-state index contributed by atoms with van der Waals surface area (Å²) < 4.78 is 6.70. The van der Waals surface area contributed by atoms with Crippen LogP contribution in [-0.4, -0.2) is 75.7 Å². The molecule has 6 rings (SSSR count). The molecule has 2 aliphatic rings. The van der Waals surface area contributed by atoms with Gasteiger partial charge in [0.1, 0.15) is 0 Å². The lowest BCUT2D eigenvalue weighted by molar-refractivity contribution is 0.122. The number of hydrogen-bond donors (Lipinski definition) is 2. The van der Waals surface area contributed by atoms with Crippen LogP contribution in [0.2, 0.25) is 0 Å². The number of likely N-dealkylation sites (tertiary alicyclic amines) is 1. The Labute approximate surface area is 183 Å². The summed E-state index contributed by atoms with van der Waals surface area (Å²) in [5.74, 6) is 1.71. The molecule has 0 amide bonds. The standard InChI is InChI=1S/C22H24N6O2S/c29-14-4-5-27(12-14)13-15-10-19-20(31-15)22(28-6-8-30-9-7-28)25-21(24-19)16-2-1-3-18-17(16)11-23-26-18/h1-3,10-11,14,29H,4-9,12-13H2,(H,23,26). The molecule has 5 heterocycles. The topological polar surface area (TPSA) is 90.4 Å². The third-order valence-electron chi connectivity index (χ3n) is 6.07. The number of thiophene rings is 1. The summed E-state index contributed by atoms with van der Waals surface area (Å²) in [6, 6.07) is 8.27. The Morgan fingerprint density at radius 2 is 2.10 bits per heavy atom. The van der Waals surface area contributed by atoms with Crippen LogP contribution in [0.25, 0.3) is 32.5 Å². The van der Waals surface area contributed by atoms with Crippen LogP contribution in [0, 0.1) is 0 Å². The summed E-state index contributed by atoms with van der Waals surface area (Å²) in [6.45, 7) is 5.59. The number of aliphatic hydroxyl groups excluding tert-OH is 1. The molecule has 31 heavy (non-hydrogen) atoms. The molecule has 1 aromatic carbocycles. The highest BCUT2D eigenvalue weighted by atomic mass is 32.1. The molecule has 0 aliphatic carbocycles. The lowest BCUT2D eigenvalue weighted by atomic mass is 10.1. The van der Waals surface area contributed by atoms with Gasteiger partial charge in [0.25, 0.3) is 0 Å². The number of rotatable bonds is 4. The normalized spacial score (nSPS) is 20.3. The molecule has 8 nitrogen and oxygen atoms in total. The van der Waals surface area contributed by atoms with Gasteiger partial charge in [-0.25, -0.2) is 9.97 Å². The van der Waals surface area contributed by atoms with E-state index in [1.807, 2.05) is 18.3 Å². The van der Waals surface area contributed by atoms with Gasteiger partial charge in [-0.3, -0.25) is 10.00 Å². The Morgan fingerprint density at radius 1 is 1.19 bits per heavy atom. The SMILES string of the molecule is OC1CCN(Cc2cc3nc(-c4cccc5[nH]ncc45)nc(N4CCOCC4)c3s2)C1. The summed E-state index contributed by atoms with van der Waals surface area (Å²) in [5, 5.41) is 18.1. The van der Waals surface area contributed by atoms with E-state index in [2.05, 4.69) is 32.1 Å². The Bertz CT molecular complexity index is 1230. The van der Waals surface area contributed by atoms with Crippen LogP contribution in [0.3, 0.4) is 0 Å². The van der Waals surface area contributed by atoms with Crippen molar-refractivity contribution in [3.05, 3.63) is 35.3 Å². The summed E-state index contributed by atoms with van der Waals surface area (Å²) in [6.07, 6.45) is 2.48. The van der Waals surface area contributed by atoms with E-state index in [1.54, 1.807) is 11.3 Å². The maximum Gasteiger partial charge on any atom is 0.162 e. The molecule has 1 atom stereocenters. The summed E-state index contributed by atoms with van der Waals surface area (Å²) in [7, 11) is 0. The number of benzene rings is 1. The number of aliphatic hydroxyl groups is 1. The number of morpholine rings is 1. The van der Waals surface area contributed by atoms with E-state index in [1.165, 1.54) is 4.88 Å². The predicted octanol–water partition coefficient (Wildman–Crippen LogP) is 2.64. The molecule has 0 saturated carbocycles. The fraction of sp³-hybridized carbons (Fsp3) is 0.409. The highest BCUT2D eigenvalue weighted by molar-refractivity contribution is 7.19. The molecule has 160 valence electrons. The molecule has 0 bridgehead atoms. The molecule has 2 aliphatic heterocycles. The minimum Gasteiger partial charge on any atom is -0.392 e. The van der Waals surface area contributed by atoms with Gasteiger partial charge in [0.15, 0.2) is 11.6 Å². The predicted molar refractivity (Wildman–Crippen MR) is 121 cm³/mol. The van der Waals surface area contributed by atoms with Gasteiger partial charge in [-0.15, -0.1) is 11.3 Å². The fourth-order valence-electron chi connectivity index (χ4n) is 4.49. The van der Waals surface area contributed by atoms with E-state index in [0.717, 1.165) is 77.5 Å². The molecule has 2 saturated heterocycles. The van der Waals surface area contributed by atoms with Crippen molar-refractivity contribution in [2.75, 3.05) is 44.3 Å². The van der Waals surface area contributed by atoms with Crippen LogP contribution < -0.4 is 4.90 Å². The fourth-order valence-corrected chi connectivity index (χ4v) is 5.65. The number of H-pyrrole nitrogens is 1. The Hall–Kier alpha value is -2.59. The zero-order chi connectivity index (χ0) is 20.8. The second-order valence-electron chi connectivity index (χ2n) is 8.21. The summed E-state index contributed by atoms with van der Waals surface area (Å²) in [4.78, 5) is 15.9. The van der Waals surface area contributed by atoms with E-state index in [9.17, 15) is 5.11 Å². The number of aromatic amines is 1. The molecule has 4 aromatic rings. The monoisotopic (exact) mass is 436 g/mol. The van der Waals surface area contributed by atoms with Crippen molar-refractivity contribution in [1.29, 1.82) is 0 Å². The first-order valence-corrected chi connectivity index (χ1v) is 11.5. The average molecular weight is 437 g/mol. The van der Waals surface area contributed by atoms with E-state index in [0.29, 0.717) is 13.2 Å². The van der Waals surface area contributed by atoms with Gasteiger partial charge in [-0.2, -0.15) is 5.10 Å². The molecule has 3 aromatic heterocycles. The highest BCUT2D eigenvalue weighted by Crippen LogP contribution is 2.36. The Balaban J connectivity index is 1.46. The summed E-state index contributed by atoms with van der Waals surface area (Å²) in [5.41, 5.74) is 2.94. The van der Waals surface area contributed by atoms with Gasteiger partial charge in [-0.1, -0.05) is 12.1 Å². The first-order valence-electron chi connectivity index (χ1n) is 10.7. The Kier molecular flexibility index (Phi) is 4.83. The van der Waals surface area contributed by atoms with Gasteiger partial charge < -0.3 is 14.7 Å². The summed E-state index contributed by atoms with van der Waals surface area (Å²) >= 11 is 1.77. The second kappa shape index (κ2) is 7.83. The second-order valence-corrected chi connectivity index (χ2v) is 9.35. The zero-order valence-electron chi connectivity index (χ0n) is 17.1. The minimum absolute atomic E-state index is 0.208. The first-order chi connectivity index (χ1) is 15.2. The van der Waals surface area contributed by atoms with Crippen LogP contribution in [0.4, 0.5) is 5.82 Å². The number of β-amino-alcohol motifs (C(OH)–C–C–N with tert-alkyl or cyclic N) is 1. The molecule has 2 fully saturated rings. The van der Waals surface area contributed by atoms with Gasteiger partial charge in [-0.05, 0) is 18.6 Å². The number of nitrogens with zero attached hydrogens (tertiary/aromatic N) is 5. The van der Waals surface area contributed by atoms with E-state index < -0.39 is 0 Å². The van der Waals surface area contributed by atoms with Crippen molar-refractivity contribution < 1.29 is 9.84 Å². The lowest BCUT2D eigenvalue weighted by Crippen LogP contribution is -2.36. The van der Waals surface area contributed by atoms with Crippen molar-refractivity contribution in [2.24, 2.45) is 0 Å². The number of nitrogens with one attached hydrogen (secondary N) is 1. The molecular formula is C22H24N6O2S. The quantitative estimate of drug-likeness (QED) is 0.508. The third kappa shape index (κ3) is 3.57. The van der Waals surface area contributed by atoms with E-state index in [-0.39, 0.29) is 6.10 Å². The van der Waals surface area contributed by atoms with Crippen molar-refractivity contribution >= 4 is 38.3 Å². The molecule has 9 heteroatoms. The number of anilines is 1. The van der Waals surface area contributed by atoms with Gasteiger partial charge in [0.05, 0.1) is 41.2 Å². The average Bonchev–Trinajstić information content (AvgIpc) is 3.52. The van der Waals surface area contributed by atoms with Crippen LogP contribution in [-0.2, 0) is 11.3 Å². The van der Waals surface area contributed by atoms with Crippen molar-refractivity contribution in [3.8, 4) is 11.4 Å². The number of fused-ring (bicyclic) bond motifs is 2. The molecular weight excluding hydrogens is 412 g/mol. The van der Waals surface area contributed by atoms with Gasteiger partial charge in [0, 0.05) is 48.6 Å². The maximum atomic E-state index is 9.88. The minimum atomic E-state index is -0.208. The van der Waals surface area contributed by atoms with Crippen LogP contribution in [0.1, 0.15) is 11.3 Å².